The lowest BCUT2D eigenvalue weighted by atomic mass is 10.1. The van der Waals surface area contributed by atoms with Crippen molar-refractivity contribution in [2.24, 2.45) is 5.92 Å². The Hall–Kier alpha value is -1.36. The van der Waals surface area contributed by atoms with E-state index in [1.807, 2.05) is 20.8 Å². The molecule has 17 heavy (non-hydrogen) atoms. The summed E-state index contributed by atoms with van der Waals surface area (Å²) in [6, 6.07) is 0. The molecule has 1 aromatic rings. The molecule has 0 aromatic carbocycles. The number of hydrogen-bond donors (Lipinski definition) is 1. The second-order valence-electron chi connectivity index (χ2n) is 4.37. The van der Waals surface area contributed by atoms with Crippen molar-refractivity contribution in [3.05, 3.63) is 17.0 Å². The molecule has 1 atom stereocenters. The van der Waals surface area contributed by atoms with Crippen molar-refractivity contribution in [1.29, 1.82) is 0 Å². The summed E-state index contributed by atoms with van der Waals surface area (Å²) in [7, 11) is 0. The van der Waals surface area contributed by atoms with Crippen LogP contribution in [0, 0.1) is 19.8 Å². The zero-order valence-corrected chi connectivity index (χ0v) is 10.9. The molecule has 0 aliphatic rings. The number of hydrogen-bond acceptors (Lipinski definition) is 4. The lowest BCUT2D eigenvalue weighted by Crippen LogP contribution is -2.31. The number of nitrogens with zero attached hydrogens (tertiary/aromatic N) is 2. The molecule has 0 saturated heterocycles. The van der Waals surface area contributed by atoms with Gasteiger partial charge in [-0.1, -0.05) is 19.0 Å². The van der Waals surface area contributed by atoms with Gasteiger partial charge in [0.1, 0.15) is 5.76 Å². The van der Waals surface area contributed by atoms with Crippen LogP contribution in [0.15, 0.2) is 4.52 Å². The minimum absolute atomic E-state index is 0.365. The van der Waals surface area contributed by atoms with Crippen molar-refractivity contribution in [3.8, 4) is 0 Å². The van der Waals surface area contributed by atoms with Crippen LogP contribution < -0.4 is 0 Å². The standard InChI is InChI=1S/C12H20N2O3/c1-5-14(6-8(2)12(15)16)7-11-9(3)13-17-10(11)4/h8H,5-7H2,1-4H3,(H,15,16). The first-order chi connectivity index (χ1) is 7.95. The van der Waals surface area contributed by atoms with Gasteiger partial charge in [0.15, 0.2) is 0 Å². The molecule has 96 valence electrons. The Bertz CT molecular complexity index is 368. The second kappa shape index (κ2) is 5.82. The molecule has 0 fully saturated rings. The van der Waals surface area contributed by atoms with Gasteiger partial charge in [-0.25, -0.2) is 0 Å². The van der Waals surface area contributed by atoms with Crippen LogP contribution in [0.3, 0.4) is 0 Å². The van der Waals surface area contributed by atoms with Gasteiger partial charge in [0.2, 0.25) is 0 Å². The molecule has 1 rings (SSSR count). The summed E-state index contributed by atoms with van der Waals surface area (Å²) in [6.45, 7) is 9.56. The minimum Gasteiger partial charge on any atom is -0.481 e. The summed E-state index contributed by atoms with van der Waals surface area (Å²) in [5, 5.41) is 12.8. The van der Waals surface area contributed by atoms with E-state index in [0.717, 1.165) is 23.6 Å². The zero-order chi connectivity index (χ0) is 13.0. The molecule has 0 saturated carbocycles. The van der Waals surface area contributed by atoms with Gasteiger partial charge < -0.3 is 9.63 Å². The van der Waals surface area contributed by atoms with Crippen LogP contribution in [0.5, 0.6) is 0 Å². The van der Waals surface area contributed by atoms with Gasteiger partial charge in [-0.05, 0) is 20.4 Å². The SMILES string of the molecule is CCN(Cc1c(C)noc1C)CC(C)C(=O)O. The molecule has 0 bridgehead atoms. The number of aromatic nitrogens is 1. The third-order valence-corrected chi connectivity index (χ3v) is 2.96. The second-order valence-corrected chi connectivity index (χ2v) is 4.37. The van der Waals surface area contributed by atoms with Crippen molar-refractivity contribution in [3.63, 3.8) is 0 Å². The molecule has 0 spiro atoms. The highest BCUT2D eigenvalue weighted by Crippen LogP contribution is 2.15. The first-order valence-corrected chi connectivity index (χ1v) is 5.82. The van der Waals surface area contributed by atoms with E-state index in [2.05, 4.69) is 10.1 Å². The molecule has 0 radical (unpaired) electrons. The zero-order valence-electron chi connectivity index (χ0n) is 10.9. The van der Waals surface area contributed by atoms with Gasteiger partial charge in [0.05, 0.1) is 11.6 Å². The molecule has 0 aliphatic heterocycles. The summed E-state index contributed by atoms with van der Waals surface area (Å²) in [5.41, 5.74) is 1.94. The quantitative estimate of drug-likeness (QED) is 0.821. The molecule has 0 amide bonds. The van der Waals surface area contributed by atoms with Gasteiger partial charge in [0, 0.05) is 18.7 Å². The van der Waals surface area contributed by atoms with Crippen molar-refractivity contribution in [2.45, 2.75) is 34.2 Å². The van der Waals surface area contributed by atoms with E-state index in [9.17, 15) is 4.79 Å². The Kier molecular flexibility index (Phi) is 4.69. The van der Waals surface area contributed by atoms with Gasteiger partial charge >= 0.3 is 5.97 Å². The Morgan fingerprint density at radius 3 is 2.59 bits per heavy atom. The van der Waals surface area contributed by atoms with Crippen LogP contribution in [-0.2, 0) is 11.3 Å². The number of carboxylic acid groups (broad SMARTS) is 1. The lowest BCUT2D eigenvalue weighted by molar-refractivity contribution is -0.141. The smallest absolute Gasteiger partial charge is 0.307 e. The number of rotatable bonds is 6. The molecular formula is C12H20N2O3. The number of aryl methyl sites for hydroxylation is 2. The van der Waals surface area contributed by atoms with Crippen molar-refractivity contribution in [1.82, 2.24) is 10.1 Å². The molecule has 5 heteroatoms. The lowest BCUT2D eigenvalue weighted by Gasteiger charge is -2.22. The summed E-state index contributed by atoms with van der Waals surface area (Å²) < 4.78 is 5.10. The van der Waals surface area contributed by atoms with E-state index < -0.39 is 5.97 Å². The summed E-state index contributed by atoms with van der Waals surface area (Å²) >= 11 is 0. The van der Waals surface area contributed by atoms with Crippen LogP contribution in [0.25, 0.3) is 0 Å². The molecular weight excluding hydrogens is 220 g/mol. The van der Waals surface area contributed by atoms with E-state index in [1.54, 1.807) is 6.92 Å². The first-order valence-electron chi connectivity index (χ1n) is 5.82. The first kappa shape index (κ1) is 13.7. The maximum absolute atomic E-state index is 10.8. The van der Waals surface area contributed by atoms with Crippen molar-refractivity contribution >= 4 is 5.97 Å². The van der Waals surface area contributed by atoms with E-state index >= 15 is 0 Å². The predicted molar refractivity (Wildman–Crippen MR) is 63.7 cm³/mol. The van der Waals surface area contributed by atoms with Crippen LogP contribution in [0.4, 0.5) is 0 Å². The average Bonchev–Trinajstić information content (AvgIpc) is 2.59. The highest BCUT2D eigenvalue weighted by molar-refractivity contribution is 5.69. The number of carboxylic acids is 1. The topological polar surface area (TPSA) is 66.6 Å². The highest BCUT2D eigenvalue weighted by Gasteiger charge is 2.18. The van der Waals surface area contributed by atoms with Gasteiger partial charge in [-0.15, -0.1) is 0 Å². The van der Waals surface area contributed by atoms with Gasteiger partial charge in [-0.2, -0.15) is 0 Å². The fraction of sp³-hybridized carbons (Fsp3) is 0.667. The van der Waals surface area contributed by atoms with Gasteiger partial charge in [-0.3, -0.25) is 9.69 Å². The van der Waals surface area contributed by atoms with E-state index in [1.165, 1.54) is 0 Å². The van der Waals surface area contributed by atoms with Crippen LogP contribution >= 0.6 is 0 Å². The Morgan fingerprint density at radius 2 is 2.18 bits per heavy atom. The van der Waals surface area contributed by atoms with Gasteiger partial charge in [0.25, 0.3) is 0 Å². The largest absolute Gasteiger partial charge is 0.481 e. The average molecular weight is 240 g/mol. The molecule has 1 unspecified atom stereocenters. The number of aliphatic carboxylic acids is 1. The summed E-state index contributed by atoms with van der Waals surface area (Å²) in [6.07, 6.45) is 0. The van der Waals surface area contributed by atoms with E-state index in [0.29, 0.717) is 13.1 Å². The normalized spacial score (nSPS) is 13.0. The fourth-order valence-corrected chi connectivity index (χ4v) is 1.72. The fourth-order valence-electron chi connectivity index (χ4n) is 1.72. The molecule has 5 nitrogen and oxygen atoms in total. The maximum Gasteiger partial charge on any atom is 0.307 e. The van der Waals surface area contributed by atoms with Crippen molar-refractivity contribution < 1.29 is 14.4 Å². The van der Waals surface area contributed by atoms with Crippen LogP contribution in [0.2, 0.25) is 0 Å². The predicted octanol–water partition coefficient (Wildman–Crippen LogP) is 1.83. The summed E-state index contributed by atoms with van der Waals surface area (Å²) in [5.74, 6) is -0.318. The van der Waals surface area contributed by atoms with Crippen LogP contribution in [-0.4, -0.2) is 34.2 Å². The molecule has 1 N–H and O–H groups in total. The number of carbonyl (C=O) groups is 1. The third kappa shape index (κ3) is 3.56. The third-order valence-electron chi connectivity index (χ3n) is 2.96. The van der Waals surface area contributed by atoms with Crippen molar-refractivity contribution in [2.75, 3.05) is 13.1 Å². The minimum atomic E-state index is -0.762. The van der Waals surface area contributed by atoms with E-state index in [-0.39, 0.29) is 5.92 Å². The Balaban J connectivity index is 2.67. The molecule has 0 aliphatic carbocycles. The Labute approximate surface area is 101 Å². The monoisotopic (exact) mass is 240 g/mol. The van der Waals surface area contributed by atoms with E-state index in [4.69, 9.17) is 9.63 Å². The molecule has 1 heterocycles. The van der Waals surface area contributed by atoms with Crippen LogP contribution in [0.1, 0.15) is 30.9 Å². The maximum atomic E-state index is 10.8. The molecule has 1 aromatic heterocycles. The Morgan fingerprint density at radius 1 is 1.53 bits per heavy atom. The highest BCUT2D eigenvalue weighted by atomic mass is 16.5. The summed E-state index contributed by atoms with van der Waals surface area (Å²) in [4.78, 5) is 12.9.